The summed E-state index contributed by atoms with van der Waals surface area (Å²) in [7, 11) is 0. The van der Waals surface area contributed by atoms with Crippen molar-refractivity contribution in [1.29, 1.82) is 0 Å². The first-order valence-corrected chi connectivity index (χ1v) is 8.65. The third-order valence-electron chi connectivity index (χ3n) is 4.76. The molecule has 0 fully saturated rings. The van der Waals surface area contributed by atoms with E-state index in [1.54, 1.807) is 38.1 Å². The molecule has 27 heavy (non-hydrogen) atoms. The Morgan fingerprint density at radius 2 is 1.37 bits per heavy atom. The molecule has 0 unspecified atom stereocenters. The maximum absolute atomic E-state index is 12.5. The highest BCUT2D eigenvalue weighted by molar-refractivity contribution is 6.23. The number of benzene rings is 2. The molecule has 2 aliphatic heterocycles. The number of amides is 4. The highest BCUT2D eigenvalue weighted by Gasteiger charge is 2.38. The van der Waals surface area contributed by atoms with E-state index >= 15 is 0 Å². The highest BCUT2D eigenvalue weighted by Crippen LogP contribution is 2.35. The molecule has 2 heterocycles. The molecule has 0 aliphatic carbocycles. The van der Waals surface area contributed by atoms with Gasteiger partial charge in [-0.2, -0.15) is 0 Å². The highest BCUT2D eigenvalue weighted by atomic mass is 16.5. The van der Waals surface area contributed by atoms with Crippen LogP contribution in [0.1, 0.15) is 55.3 Å². The van der Waals surface area contributed by atoms with E-state index in [2.05, 4.69) is 0 Å². The zero-order chi connectivity index (χ0) is 19.3. The van der Waals surface area contributed by atoms with Crippen molar-refractivity contribution in [1.82, 2.24) is 9.80 Å². The molecule has 2 aliphatic rings. The number of rotatable bonds is 4. The van der Waals surface area contributed by atoms with Gasteiger partial charge in [-0.1, -0.05) is 6.07 Å². The summed E-state index contributed by atoms with van der Waals surface area (Å²) in [6, 6.07) is 9.42. The number of carbonyl (C=O) groups is 4. The van der Waals surface area contributed by atoms with Crippen LogP contribution < -0.4 is 4.74 Å². The third-order valence-corrected chi connectivity index (χ3v) is 4.76. The fourth-order valence-corrected chi connectivity index (χ4v) is 3.42. The Bertz CT molecular complexity index is 1030. The molecule has 0 atom stereocenters. The SMILES string of the molecule is CCN1C(=O)c2ccc(Oc3cccc4c3C(=O)N(CC)C4=O)cc2C1=O. The van der Waals surface area contributed by atoms with Gasteiger partial charge in [0, 0.05) is 13.1 Å². The summed E-state index contributed by atoms with van der Waals surface area (Å²) in [5.74, 6) is -0.898. The molecule has 0 aromatic heterocycles. The molecular weight excluding hydrogens is 348 g/mol. The molecule has 4 rings (SSSR count). The molecule has 136 valence electrons. The standard InChI is InChI=1S/C20H16N2O5/c1-3-21-17(23)12-9-8-11(10-14(12)19(21)25)27-15-7-5-6-13-16(15)20(26)22(4-2)18(13)24/h5-10H,3-4H2,1-2H3. The van der Waals surface area contributed by atoms with Crippen LogP contribution in [-0.4, -0.2) is 46.5 Å². The van der Waals surface area contributed by atoms with Gasteiger partial charge in [-0.25, -0.2) is 0 Å². The Labute approximate surface area is 155 Å². The van der Waals surface area contributed by atoms with Crippen LogP contribution in [0.15, 0.2) is 36.4 Å². The molecule has 2 aromatic rings. The monoisotopic (exact) mass is 364 g/mol. The van der Waals surface area contributed by atoms with E-state index in [9.17, 15) is 19.2 Å². The van der Waals surface area contributed by atoms with Gasteiger partial charge < -0.3 is 4.74 Å². The normalized spacial score (nSPS) is 15.5. The Kier molecular flexibility index (Phi) is 3.80. The second kappa shape index (κ2) is 6.05. The minimum Gasteiger partial charge on any atom is -0.456 e. The zero-order valence-corrected chi connectivity index (χ0v) is 14.8. The smallest absolute Gasteiger partial charge is 0.265 e. The number of imide groups is 2. The largest absolute Gasteiger partial charge is 0.456 e. The van der Waals surface area contributed by atoms with E-state index in [0.717, 1.165) is 9.80 Å². The second-order valence-corrected chi connectivity index (χ2v) is 6.20. The van der Waals surface area contributed by atoms with Crippen LogP contribution in [0.4, 0.5) is 0 Å². The Morgan fingerprint density at radius 1 is 0.741 bits per heavy atom. The minimum absolute atomic E-state index is 0.211. The maximum Gasteiger partial charge on any atom is 0.265 e. The molecule has 2 aromatic carbocycles. The van der Waals surface area contributed by atoms with E-state index in [1.807, 2.05) is 0 Å². The van der Waals surface area contributed by atoms with Crippen LogP contribution in [0, 0.1) is 0 Å². The van der Waals surface area contributed by atoms with Crippen LogP contribution in [0.25, 0.3) is 0 Å². The summed E-state index contributed by atoms with van der Waals surface area (Å²) in [5, 5.41) is 0. The summed E-state index contributed by atoms with van der Waals surface area (Å²) in [4.78, 5) is 51.7. The Morgan fingerprint density at radius 3 is 2.07 bits per heavy atom. The minimum atomic E-state index is -0.405. The van der Waals surface area contributed by atoms with Crippen molar-refractivity contribution in [2.45, 2.75) is 13.8 Å². The average Bonchev–Trinajstić information content (AvgIpc) is 3.06. The van der Waals surface area contributed by atoms with Crippen LogP contribution >= 0.6 is 0 Å². The van der Waals surface area contributed by atoms with E-state index in [4.69, 9.17) is 4.74 Å². The van der Waals surface area contributed by atoms with Crippen LogP contribution in [0.3, 0.4) is 0 Å². The summed E-state index contributed by atoms with van der Waals surface area (Å²) in [6.07, 6.45) is 0. The van der Waals surface area contributed by atoms with Gasteiger partial charge in [-0.3, -0.25) is 29.0 Å². The topological polar surface area (TPSA) is 84.0 Å². The van der Waals surface area contributed by atoms with Gasteiger partial charge in [0.2, 0.25) is 0 Å². The summed E-state index contributed by atoms with van der Waals surface area (Å²) in [6.45, 7) is 4.02. The number of ether oxygens (including phenoxy) is 1. The number of nitrogens with zero attached hydrogens (tertiary/aromatic N) is 2. The number of carbonyl (C=O) groups excluding carboxylic acids is 4. The number of fused-ring (bicyclic) bond motifs is 2. The van der Waals surface area contributed by atoms with Gasteiger partial charge in [-0.15, -0.1) is 0 Å². The summed E-state index contributed by atoms with van der Waals surface area (Å²) < 4.78 is 5.83. The van der Waals surface area contributed by atoms with Crippen molar-refractivity contribution in [2.75, 3.05) is 13.1 Å². The second-order valence-electron chi connectivity index (χ2n) is 6.20. The molecular formula is C20H16N2O5. The lowest BCUT2D eigenvalue weighted by Gasteiger charge is -2.11. The predicted molar refractivity (Wildman–Crippen MR) is 95.0 cm³/mol. The molecule has 0 spiro atoms. The fraction of sp³-hybridized carbons (Fsp3) is 0.200. The molecule has 4 amide bonds. The summed E-state index contributed by atoms with van der Waals surface area (Å²) in [5.41, 5.74) is 1.10. The molecule has 0 saturated heterocycles. The third kappa shape index (κ3) is 2.35. The molecule has 0 N–H and O–H groups in total. The average molecular weight is 364 g/mol. The number of hydrogen-bond acceptors (Lipinski definition) is 5. The van der Waals surface area contributed by atoms with E-state index in [-0.39, 0.29) is 47.7 Å². The van der Waals surface area contributed by atoms with Gasteiger partial charge in [0.25, 0.3) is 23.6 Å². The van der Waals surface area contributed by atoms with Gasteiger partial charge >= 0.3 is 0 Å². The number of hydrogen-bond donors (Lipinski definition) is 0. The van der Waals surface area contributed by atoms with Crippen LogP contribution in [0.2, 0.25) is 0 Å². The van der Waals surface area contributed by atoms with E-state index in [0.29, 0.717) is 16.9 Å². The van der Waals surface area contributed by atoms with Crippen molar-refractivity contribution in [3.8, 4) is 11.5 Å². The first-order chi connectivity index (χ1) is 13.0. The fourth-order valence-electron chi connectivity index (χ4n) is 3.42. The lowest BCUT2D eigenvalue weighted by molar-refractivity contribution is 0.0646. The molecule has 0 radical (unpaired) electrons. The van der Waals surface area contributed by atoms with E-state index < -0.39 is 5.91 Å². The van der Waals surface area contributed by atoms with Gasteiger partial charge in [0.05, 0.1) is 22.3 Å². The van der Waals surface area contributed by atoms with Crippen molar-refractivity contribution in [3.63, 3.8) is 0 Å². The van der Waals surface area contributed by atoms with Gasteiger partial charge in [0.15, 0.2) is 0 Å². The first kappa shape index (κ1) is 17.0. The van der Waals surface area contributed by atoms with Crippen molar-refractivity contribution in [2.24, 2.45) is 0 Å². The van der Waals surface area contributed by atoms with Crippen LogP contribution in [0.5, 0.6) is 11.5 Å². The van der Waals surface area contributed by atoms with Crippen LogP contribution in [-0.2, 0) is 0 Å². The summed E-state index contributed by atoms with van der Waals surface area (Å²) >= 11 is 0. The van der Waals surface area contributed by atoms with Crippen molar-refractivity contribution < 1.29 is 23.9 Å². The van der Waals surface area contributed by atoms with Gasteiger partial charge in [0.1, 0.15) is 11.5 Å². The predicted octanol–water partition coefficient (Wildman–Crippen LogP) is 2.71. The molecule has 0 saturated carbocycles. The van der Waals surface area contributed by atoms with E-state index in [1.165, 1.54) is 12.1 Å². The molecule has 0 bridgehead atoms. The Hall–Kier alpha value is -3.48. The van der Waals surface area contributed by atoms with Gasteiger partial charge in [-0.05, 0) is 44.2 Å². The quantitative estimate of drug-likeness (QED) is 0.779. The lowest BCUT2D eigenvalue weighted by Crippen LogP contribution is -2.29. The zero-order valence-electron chi connectivity index (χ0n) is 14.8. The molecule has 7 nitrogen and oxygen atoms in total. The Balaban J connectivity index is 1.72. The molecule has 7 heteroatoms. The maximum atomic E-state index is 12.5. The lowest BCUT2D eigenvalue weighted by atomic mass is 10.1. The first-order valence-electron chi connectivity index (χ1n) is 8.65. The van der Waals surface area contributed by atoms with Crippen molar-refractivity contribution in [3.05, 3.63) is 58.7 Å². The van der Waals surface area contributed by atoms with Crippen molar-refractivity contribution >= 4 is 23.6 Å².